The fraction of sp³-hybridized carbons (Fsp3) is 1.00. The average molecular weight is 223 g/mol. The van der Waals surface area contributed by atoms with E-state index in [0.29, 0.717) is 11.5 Å². The molecular formula is C13H25N3. The molecular weight excluding hydrogens is 198 g/mol. The largest absolute Gasteiger partial charge is 0.328 e. The number of hydrogen-bond donors (Lipinski definition) is 1. The van der Waals surface area contributed by atoms with Gasteiger partial charge in [0.15, 0.2) is 0 Å². The van der Waals surface area contributed by atoms with E-state index >= 15 is 0 Å². The van der Waals surface area contributed by atoms with Crippen LogP contribution in [0.3, 0.4) is 0 Å². The van der Waals surface area contributed by atoms with Gasteiger partial charge in [-0.1, -0.05) is 0 Å². The first-order valence-electron chi connectivity index (χ1n) is 6.82. The zero-order chi connectivity index (χ0) is 11.2. The summed E-state index contributed by atoms with van der Waals surface area (Å²) in [4.78, 5) is 5.09. The Hall–Kier alpha value is -0.120. The number of rotatable bonds is 2. The summed E-state index contributed by atoms with van der Waals surface area (Å²) < 4.78 is 0. The second kappa shape index (κ2) is 3.97. The van der Waals surface area contributed by atoms with Crippen LogP contribution < -0.4 is 5.73 Å². The van der Waals surface area contributed by atoms with Crippen molar-refractivity contribution in [2.75, 3.05) is 39.8 Å². The molecule has 0 bridgehead atoms. The summed E-state index contributed by atoms with van der Waals surface area (Å²) in [7, 11) is 2.22. The molecule has 0 amide bonds. The molecule has 3 rings (SSSR count). The van der Waals surface area contributed by atoms with Gasteiger partial charge in [-0.15, -0.1) is 0 Å². The minimum atomic E-state index is 0.500. The Kier molecular flexibility index (Phi) is 2.73. The van der Waals surface area contributed by atoms with E-state index in [9.17, 15) is 0 Å². The summed E-state index contributed by atoms with van der Waals surface area (Å²) in [5, 5.41) is 0. The zero-order valence-corrected chi connectivity index (χ0v) is 10.5. The van der Waals surface area contributed by atoms with E-state index in [4.69, 9.17) is 5.73 Å². The van der Waals surface area contributed by atoms with E-state index in [1.165, 1.54) is 58.4 Å². The van der Waals surface area contributed by atoms with Crippen LogP contribution in [0.25, 0.3) is 0 Å². The molecule has 2 N–H and O–H groups in total. The van der Waals surface area contributed by atoms with Gasteiger partial charge in [-0.05, 0) is 44.1 Å². The van der Waals surface area contributed by atoms with Crippen LogP contribution in [-0.2, 0) is 0 Å². The van der Waals surface area contributed by atoms with Crippen molar-refractivity contribution < 1.29 is 0 Å². The lowest BCUT2D eigenvalue weighted by Crippen LogP contribution is -2.61. The first kappa shape index (κ1) is 11.0. The molecule has 1 aliphatic carbocycles. The van der Waals surface area contributed by atoms with Gasteiger partial charge in [-0.3, -0.25) is 0 Å². The molecule has 92 valence electrons. The molecule has 16 heavy (non-hydrogen) atoms. The van der Waals surface area contributed by atoms with Crippen LogP contribution in [0.2, 0.25) is 0 Å². The molecule has 2 aliphatic heterocycles. The van der Waals surface area contributed by atoms with E-state index in [0.717, 1.165) is 5.92 Å². The summed E-state index contributed by atoms with van der Waals surface area (Å²) >= 11 is 0. The van der Waals surface area contributed by atoms with E-state index in [1.54, 1.807) is 0 Å². The maximum absolute atomic E-state index is 5.98. The van der Waals surface area contributed by atoms with Gasteiger partial charge in [0.1, 0.15) is 0 Å². The number of likely N-dealkylation sites (tertiary alicyclic amines) is 2. The lowest BCUT2D eigenvalue weighted by atomic mass is 9.67. The maximum atomic E-state index is 5.98. The third-order valence-electron chi connectivity index (χ3n) is 4.87. The van der Waals surface area contributed by atoms with Crippen LogP contribution in [0.1, 0.15) is 25.7 Å². The van der Waals surface area contributed by atoms with E-state index in [-0.39, 0.29) is 0 Å². The third kappa shape index (κ3) is 2.01. The highest BCUT2D eigenvalue weighted by Gasteiger charge is 2.45. The molecule has 3 aliphatic rings. The molecule has 0 aromatic carbocycles. The lowest BCUT2D eigenvalue weighted by molar-refractivity contribution is -0.0530. The number of nitrogens with two attached hydrogens (primary N) is 1. The Morgan fingerprint density at radius 1 is 1.19 bits per heavy atom. The van der Waals surface area contributed by atoms with E-state index in [1.807, 2.05) is 0 Å². The van der Waals surface area contributed by atoms with Crippen LogP contribution in [0, 0.1) is 11.3 Å². The van der Waals surface area contributed by atoms with Crippen LogP contribution >= 0.6 is 0 Å². The highest BCUT2D eigenvalue weighted by molar-refractivity contribution is 4.99. The summed E-state index contributed by atoms with van der Waals surface area (Å²) in [6.45, 7) is 6.70. The topological polar surface area (TPSA) is 32.5 Å². The van der Waals surface area contributed by atoms with Crippen LogP contribution in [-0.4, -0.2) is 55.6 Å². The van der Waals surface area contributed by atoms with Gasteiger partial charge in [0.25, 0.3) is 0 Å². The summed E-state index contributed by atoms with van der Waals surface area (Å²) in [5.74, 6) is 0.952. The molecule has 2 saturated heterocycles. The van der Waals surface area contributed by atoms with Crippen LogP contribution in [0.4, 0.5) is 0 Å². The summed E-state index contributed by atoms with van der Waals surface area (Å²) in [6, 6.07) is 0.500. The predicted molar refractivity (Wildman–Crippen MR) is 66.3 cm³/mol. The smallest absolute Gasteiger partial charge is 0.00506 e. The predicted octanol–water partition coefficient (Wildman–Crippen LogP) is 0.751. The Labute approximate surface area is 99.0 Å². The number of hydrogen-bond acceptors (Lipinski definition) is 3. The van der Waals surface area contributed by atoms with Crippen molar-refractivity contribution in [3.8, 4) is 0 Å². The normalized spacial score (nSPS) is 32.6. The lowest BCUT2D eigenvalue weighted by Gasteiger charge is -2.55. The standard InChI is InChI=1S/C13H25N3/c1-15-6-11(7-15)8-16-9-13(10-16)4-2-12(14)3-5-13/h11-12H,2-10,14H2,1H3. The van der Waals surface area contributed by atoms with Gasteiger partial charge in [0, 0.05) is 38.8 Å². The van der Waals surface area contributed by atoms with Crippen LogP contribution in [0.5, 0.6) is 0 Å². The fourth-order valence-electron chi connectivity index (χ4n) is 3.91. The second-order valence-electron chi connectivity index (χ2n) is 6.59. The van der Waals surface area contributed by atoms with Crippen molar-refractivity contribution in [2.45, 2.75) is 31.7 Å². The monoisotopic (exact) mass is 223 g/mol. The molecule has 2 heterocycles. The van der Waals surface area contributed by atoms with Gasteiger partial charge in [-0.2, -0.15) is 0 Å². The van der Waals surface area contributed by atoms with Gasteiger partial charge in [0.2, 0.25) is 0 Å². The molecule has 1 spiro atoms. The van der Waals surface area contributed by atoms with Gasteiger partial charge in [0.05, 0.1) is 0 Å². The quantitative estimate of drug-likeness (QED) is 0.750. The van der Waals surface area contributed by atoms with Crippen molar-refractivity contribution in [3.05, 3.63) is 0 Å². The van der Waals surface area contributed by atoms with Crippen molar-refractivity contribution in [1.82, 2.24) is 9.80 Å². The molecule has 0 aromatic rings. The zero-order valence-electron chi connectivity index (χ0n) is 10.5. The van der Waals surface area contributed by atoms with Crippen molar-refractivity contribution in [2.24, 2.45) is 17.1 Å². The molecule has 0 atom stereocenters. The van der Waals surface area contributed by atoms with Gasteiger partial charge < -0.3 is 15.5 Å². The summed E-state index contributed by atoms with van der Waals surface area (Å²) in [5.41, 5.74) is 6.66. The Morgan fingerprint density at radius 3 is 2.38 bits per heavy atom. The molecule has 0 radical (unpaired) electrons. The third-order valence-corrected chi connectivity index (χ3v) is 4.87. The highest BCUT2D eigenvalue weighted by Crippen LogP contribution is 2.43. The SMILES string of the molecule is CN1CC(CN2CC3(CCC(N)CC3)C2)C1. The molecule has 0 unspecified atom stereocenters. The maximum Gasteiger partial charge on any atom is 0.00506 e. The van der Waals surface area contributed by atoms with Gasteiger partial charge >= 0.3 is 0 Å². The second-order valence-corrected chi connectivity index (χ2v) is 6.59. The molecule has 3 heteroatoms. The van der Waals surface area contributed by atoms with Crippen molar-refractivity contribution in [3.63, 3.8) is 0 Å². The molecule has 3 nitrogen and oxygen atoms in total. The average Bonchev–Trinajstić information content (AvgIpc) is 2.16. The first-order chi connectivity index (χ1) is 7.65. The van der Waals surface area contributed by atoms with Gasteiger partial charge in [-0.25, -0.2) is 0 Å². The molecule has 0 aromatic heterocycles. The van der Waals surface area contributed by atoms with Crippen LogP contribution in [0.15, 0.2) is 0 Å². The fourth-order valence-corrected chi connectivity index (χ4v) is 3.91. The highest BCUT2D eigenvalue weighted by atomic mass is 15.2. The molecule has 3 fully saturated rings. The van der Waals surface area contributed by atoms with E-state index in [2.05, 4.69) is 16.8 Å². The Morgan fingerprint density at radius 2 is 1.81 bits per heavy atom. The van der Waals surface area contributed by atoms with Crippen molar-refractivity contribution in [1.29, 1.82) is 0 Å². The first-order valence-corrected chi connectivity index (χ1v) is 6.82. The minimum Gasteiger partial charge on any atom is -0.328 e. The number of nitrogens with zero attached hydrogens (tertiary/aromatic N) is 2. The Balaban J connectivity index is 1.41. The molecule has 1 saturated carbocycles. The van der Waals surface area contributed by atoms with Crippen molar-refractivity contribution >= 4 is 0 Å². The Bertz CT molecular complexity index is 244. The van der Waals surface area contributed by atoms with E-state index < -0.39 is 0 Å². The minimum absolute atomic E-state index is 0.500. The summed E-state index contributed by atoms with van der Waals surface area (Å²) in [6.07, 6.45) is 5.30.